The molecule has 0 amide bonds. The molecule has 0 unspecified atom stereocenters. The third-order valence-electron chi connectivity index (χ3n) is 4.74. The Bertz CT molecular complexity index is 442. The highest BCUT2D eigenvalue weighted by atomic mass is 32.1. The van der Waals surface area contributed by atoms with Crippen molar-refractivity contribution < 1.29 is 0 Å². The van der Waals surface area contributed by atoms with Crippen LogP contribution in [-0.2, 0) is 12.8 Å². The Morgan fingerprint density at radius 1 is 0.731 bits per heavy atom. The number of hydrogen-bond donors (Lipinski definition) is 0. The van der Waals surface area contributed by atoms with Crippen molar-refractivity contribution in [2.24, 2.45) is 0 Å². The van der Waals surface area contributed by atoms with E-state index in [4.69, 9.17) is 0 Å². The fourth-order valence-electron chi connectivity index (χ4n) is 3.15. The number of rotatable bonds is 14. The van der Waals surface area contributed by atoms with Gasteiger partial charge in [-0.2, -0.15) is 0 Å². The molecule has 0 radical (unpaired) electrons. The van der Waals surface area contributed by atoms with Crippen LogP contribution in [0.2, 0.25) is 0 Å². The van der Waals surface area contributed by atoms with Crippen LogP contribution in [0.15, 0.2) is 28.5 Å². The molecule has 26 heavy (non-hydrogen) atoms. The Kier molecular flexibility index (Phi) is 15.9. The van der Waals surface area contributed by atoms with Gasteiger partial charge in [0.15, 0.2) is 0 Å². The largest absolute Gasteiger partial charge is 0.253 e. The van der Waals surface area contributed by atoms with Gasteiger partial charge in [0.1, 0.15) is 0 Å². The standard InChI is InChI=1S/C20H36S.C3H3NS/c1-3-5-7-9-11-13-15-19-17-18-21-20(19)16-14-12-10-8-6-4-2;1-2-5-3-4-1/h17-18H,3-16H2,1-2H3;1-3H. The van der Waals surface area contributed by atoms with E-state index in [-0.39, 0.29) is 0 Å². The van der Waals surface area contributed by atoms with E-state index in [0.717, 1.165) is 0 Å². The van der Waals surface area contributed by atoms with Crippen LogP contribution in [0.25, 0.3) is 0 Å². The minimum Gasteiger partial charge on any atom is -0.253 e. The number of aromatic nitrogens is 1. The van der Waals surface area contributed by atoms with Gasteiger partial charge in [-0.25, -0.2) is 0 Å². The molecule has 0 atom stereocenters. The molecule has 0 aliphatic carbocycles. The van der Waals surface area contributed by atoms with Crippen LogP contribution in [0.1, 0.15) is 101 Å². The maximum absolute atomic E-state index is 3.74. The zero-order chi connectivity index (χ0) is 18.7. The van der Waals surface area contributed by atoms with E-state index < -0.39 is 0 Å². The summed E-state index contributed by atoms with van der Waals surface area (Å²) >= 11 is 3.59. The van der Waals surface area contributed by atoms with E-state index in [9.17, 15) is 0 Å². The fraction of sp³-hybridized carbons (Fsp3) is 0.696. The van der Waals surface area contributed by atoms with Crippen LogP contribution in [0.4, 0.5) is 0 Å². The van der Waals surface area contributed by atoms with Gasteiger partial charge < -0.3 is 0 Å². The van der Waals surface area contributed by atoms with Crippen molar-refractivity contribution in [3.8, 4) is 0 Å². The van der Waals surface area contributed by atoms with Gasteiger partial charge in [0.2, 0.25) is 0 Å². The summed E-state index contributed by atoms with van der Waals surface area (Å²) in [7, 11) is 0. The van der Waals surface area contributed by atoms with Crippen molar-refractivity contribution in [1.29, 1.82) is 0 Å². The third-order valence-corrected chi connectivity index (χ3v) is 6.29. The van der Waals surface area contributed by atoms with Gasteiger partial charge in [-0.15, -0.1) is 22.7 Å². The minimum atomic E-state index is 1.32. The van der Waals surface area contributed by atoms with Gasteiger partial charge in [0, 0.05) is 16.5 Å². The van der Waals surface area contributed by atoms with Crippen LogP contribution < -0.4 is 0 Å². The summed E-state index contributed by atoms with van der Waals surface area (Å²) in [6.07, 6.45) is 21.3. The molecule has 2 heterocycles. The van der Waals surface area contributed by atoms with Gasteiger partial charge in [-0.05, 0) is 42.7 Å². The van der Waals surface area contributed by atoms with Crippen molar-refractivity contribution in [1.82, 2.24) is 4.98 Å². The predicted octanol–water partition coefficient (Wildman–Crippen LogP) is 8.70. The van der Waals surface area contributed by atoms with Gasteiger partial charge in [0.05, 0.1) is 5.51 Å². The minimum absolute atomic E-state index is 1.32. The Morgan fingerprint density at radius 2 is 1.35 bits per heavy atom. The summed E-state index contributed by atoms with van der Waals surface area (Å²) in [5.41, 5.74) is 3.45. The molecule has 1 nitrogen and oxygen atoms in total. The molecular weight excluding hydrogens is 354 g/mol. The molecule has 0 N–H and O–H groups in total. The lowest BCUT2D eigenvalue weighted by Crippen LogP contribution is -1.91. The Hall–Kier alpha value is -0.670. The van der Waals surface area contributed by atoms with Crippen molar-refractivity contribution in [3.05, 3.63) is 39.0 Å². The van der Waals surface area contributed by atoms with Crippen LogP contribution in [0.3, 0.4) is 0 Å². The van der Waals surface area contributed by atoms with Crippen LogP contribution in [0.5, 0.6) is 0 Å². The molecule has 0 spiro atoms. The maximum atomic E-state index is 3.74. The summed E-state index contributed by atoms with van der Waals surface area (Å²) in [6.45, 7) is 4.58. The number of thiazole rings is 1. The van der Waals surface area contributed by atoms with Crippen molar-refractivity contribution in [2.45, 2.75) is 104 Å². The highest BCUT2D eigenvalue weighted by Crippen LogP contribution is 2.22. The molecule has 0 saturated carbocycles. The molecule has 0 fully saturated rings. The zero-order valence-corrected chi connectivity index (χ0v) is 18.7. The second kappa shape index (κ2) is 17.7. The Morgan fingerprint density at radius 3 is 1.88 bits per heavy atom. The zero-order valence-electron chi connectivity index (χ0n) is 17.0. The summed E-state index contributed by atoms with van der Waals surface area (Å²) in [5, 5.41) is 4.23. The average molecular weight is 394 g/mol. The van der Waals surface area contributed by atoms with Gasteiger partial charge in [0.25, 0.3) is 0 Å². The van der Waals surface area contributed by atoms with Gasteiger partial charge >= 0.3 is 0 Å². The highest BCUT2D eigenvalue weighted by Gasteiger charge is 2.04. The first kappa shape index (κ1) is 23.4. The third kappa shape index (κ3) is 12.6. The van der Waals surface area contributed by atoms with Crippen LogP contribution in [-0.4, -0.2) is 4.98 Å². The number of nitrogens with zero attached hydrogens (tertiary/aromatic N) is 1. The van der Waals surface area contributed by atoms with Gasteiger partial charge in [-0.1, -0.05) is 78.1 Å². The lowest BCUT2D eigenvalue weighted by molar-refractivity contribution is 0.601. The molecule has 0 saturated heterocycles. The van der Waals surface area contributed by atoms with E-state index in [0.29, 0.717) is 0 Å². The lowest BCUT2D eigenvalue weighted by atomic mass is 10.0. The monoisotopic (exact) mass is 393 g/mol. The van der Waals surface area contributed by atoms with Crippen LogP contribution >= 0.6 is 22.7 Å². The number of hydrogen-bond acceptors (Lipinski definition) is 3. The molecule has 3 heteroatoms. The average Bonchev–Trinajstić information content (AvgIpc) is 3.36. The van der Waals surface area contributed by atoms with Crippen molar-refractivity contribution in [2.75, 3.05) is 0 Å². The highest BCUT2D eigenvalue weighted by molar-refractivity contribution is 7.10. The maximum Gasteiger partial charge on any atom is 0.0791 e. The molecule has 2 aromatic rings. The quantitative estimate of drug-likeness (QED) is 0.292. The topological polar surface area (TPSA) is 12.9 Å². The van der Waals surface area contributed by atoms with E-state index in [1.54, 1.807) is 33.5 Å². The fourth-order valence-corrected chi connectivity index (χ4v) is 4.48. The second-order valence-electron chi connectivity index (χ2n) is 7.08. The van der Waals surface area contributed by atoms with E-state index in [2.05, 4.69) is 30.3 Å². The molecule has 148 valence electrons. The molecule has 0 aromatic carbocycles. The molecule has 0 aliphatic rings. The normalized spacial score (nSPS) is 10.5. The summed E-state index contributed by atoms with van der Waals surface area (Å²) in [6, 6.07) is 2.38. The molecule has 0 aliphatic heterocycles. The first-order valence-electron chi connectivity index (χ1n) is 10.8. The Balaban J connectivity index is 0.000000577. The SMILES string of the molecule is CCCCCCCCc1ccsc1CCCCCCCC.c1cscn1. The van der Waals surface area contributed by atoms with Crippen molar-refractivity contribution in [3.63, 3.8) is 0 Å². The van der Waals surface area contributed by atoms with E-state index in [1.165, 1.54) is 89.9 Å². The number of unbranched alkanes of at least 4 members (excludes halogenated alkanes) is 10. The molecule has 0 bridgehead atoms. The molecule has 2 rings (SSSR count). The van der Waals surface area contributed by atoms with Crippen LogP contribution in [0, 0.1) is 0 Å². The summed E-state index contributed by atoms with van der Waals surface area (Å²) in [4.78, 5) is 5.42. The summed E-state index contributed by atoms with van der Waals surface area (Å²) < 4.78 is 0. The lowest BCUT2D eigenvalue weighted by Gasteiger charge is -2.05. The number of thiophene rings is 1. The molecule has 2 aromatic heterocycles. The second-order valence-corrected chi connectivity index (χ2v) is 8.84. The Labute approximate surface area is 170 Å². The van der Waals surface area contributed by atoms with E-state index in [1.807, 2.05) is 16.7 Å². The first-order chi connectivity index (χ1) is 12.9. The predicted molar refractivity (Wildman–Crippen MR) is 121 cm³/mol. The first-order valence-corrected chi connectivity index (χ1v) is 12.6. The van der Waals surface area contributed by atoms with E-state index >= 15 is 0 Å². The number of aryl methyl sites for hydroxylation is 2. The smallest absolute Gasteiger partial charge is 0.0791 e. The summed E-state index contributed by atoms with van der Waals surface area (Å²) in [5.74, 6) is 0. The van der Waals surface area contributed by atoms with Crippen molar-refractivity contribution >= 4 is 22.7 Å². The van der Waals surface area contributed by atoms with Gasteiger partial charge in [-0.3, -0.25) is 4.98 Å². The molecular formula is C23H39NS2.